The average molecular weight is 830 g/mol. The quantitative estimate of drug-likeness (QED) is 0.108. The van der Waals surface area contributed by atoms with Gasteiger partial charge in [-0.05, 0) is 129 Å². The molecular weight excluding hydrogens is 771 g/mol. The van der Waals surface area contributed by atoms with Crippen LogP contribution in [0.5, 0.6) is 0 Å². The van der Waals surface area contributed by atoms with Crippen molar-refractivity contribution in [2.75, 3.05) is 0 Å². The second-order valence-corrected chi connectivity index (χ2v) is 19.0. The SMILES string of the molecule is C=CC(C/C=C/N(C(=C)/C=C\C1=CC(C2=CCCC=C2)(c2ccccc2)c2ccccc21)C1=CCC2C(=C1)c1ccccc1C21CCCCC1)C1=CC2CC=c3ccccc3=C2C=C1. The van der Waals surface area contributed by atoms with Gasteiger partial charge in [0.2, 0.25) is 0 Å². The third-order valence-electron chi connectivity index (χ3n) is 15.7. The molecule has 1 spiro atoms. The van der Waals surface area contributed by atoms with Gasteiger partial charge in [0.1, 0.15) is 0 Å². The second-order valence-electron chi connectivity index (χ2n) is 19.0. The lowest BCUT2D eigenvalue weighted by molar-refractivity contribution is 0.240. The van der Waals surface area contributed by atoms with Crippen LogP contribution in [0, 0.1) is 17.8 Å². The first kappa shape index (κ1) is 40.3. The molecule has 4 aromatic carbocycles. The fraction of sp³-hybridized carbons (Fsp3) is 0.238. The minimum Gasteiger partial charge on any atom is -0.318 e. The molecule has 4 aromatic rings. The van der Waals surface area contributed by atoms with Crippen molar-refractivity contribution in [2.24, 2.45) is 17.8 Å². The molecule has 7 aliphatic carbocycles. The summed E-state index contributed by atoms with van der Waals surface area (Å²) < 4.78 is 0. The molecule has 0 aliphatic heterocycles. The molecule has 11 rings (SSSR count). The first-order chi connectivity index (χ1) is 31.6. The summed E-state index contributed by atoms with van der Waals surface area (Å²) in [5.74, 6) is 1.14. The van der Waals surface area contributed by atoms with Gasteiger partial charge in [0, 0.05) is 34.8 Å². The van der Waals surface area contributed by atoms with Crippen LogP contribution in [0.25, 0.3) is 22.8 Å². The number of benzene rings is 4. The van der Waals surface area contributed by atoms with Crippen molar-refractivity contribution in [3.05, 3.63) is 262 Å². The van der Waals surface area contributed by atoms with Crippen LogP contribution in [0.2, 0.25) is 0 Å². The second kappa shape index (κ2) is 16.9. The highest BCUT2D eigenvalue weighted by Gasteiger charge is 2.50. The summed E-state index contributed by atoms with van der Waals surface area (Å²) in [6, 6.07) is 38.2. The lowest BCUT2D eigenvalue weighted by Gasteiger charge is -2.41. The molecule has 1 fully saturated rings. The zero-order valence-corrected chi connectivity index (χ0v) is 37.1. The zero-order chi connectivity index (χ0) is 43.1. The zero-order valence-electron chi connectivity index (χ0n) is 37.1. The highest BCUT2D eigenvalue weighted by Crippen LogP contribution is 2.60. The number of nitrogens with zero attached hydrogens (tertiary/aromatic N) is 1. The Labute approximate surface area is 381 Å². The van der Waals surface area contributed by atoms with Crippen LogP contribution in [0.15, 0.2) is 224 Å². The predicted molar refractivity (Wildman–Crippen MR) is 270 cm³/mol. The number of fused-ring (bicyclic) bond motifs is 8. The van der Waals surface area contributed by atoms with E-state index < -0.39 is 0 Å². The molecule has 0 N–H and O–H groups in total. The Morgan fingerprint density at radius 3 is 2.38 bits per heavy atom. The summed E-state index contributed by atoms with van der Waals surface area (Å²) in [5, 5.41) is 2.72. The number of hydrogen-bond donors (Lipinski definition) is 0. The molecule has 316 valence electrons. The van der Waals surface area contributed by atoms with Crippen LogP contribution in [0.4, 0.5) is 0 Å². The highest BCUT2D eigenvalue weighted by atomic mass is 15.1. The van der Waals surface area contributed by atoms with Gasteiger partial charge >= 0.3 is 0 Å². The van der Waals surface area contributed by atoms with E-state index >= 15 is 0 Å². The molecule has 1 heteroatoms. The molecule has 0 aromatic heterocycles. The van der Waals surface area contributed by atoms with E-state index in [0.717, 1.165) is 37.8 Å². The molecule has 64 heavy (non-hydrogen) atoms. The van der Waals surface area contributed by atoms with E-state index in [1.54, 1.807) is 5.56 Å². The summed E-state index contributed by atoms with van der Waals surface area (Å²) >= 11 is 0. The van der Waals surface area contributed by atoms with E-state index in [9.17, 15) is 0 Å². The van der Waals surface area contributed by atoms with Gasteiger partial charge in [0.05, 0.1) is 5.41 Å². The van der Waals surface area contributed by atoms with Crippen molar-refractivity contribution in [1.29, 1.82) is 0 Å². The van der Waals surface area contributed by atoms with Crippen molar-refractivity contribution in [2.45, 2.75) is 75.0 Å². The normalized spacial score (nSPS) is 24.0. The third-order valence-corrected chi connectivity index (χ3v) is 15.7. The van der Waals surface area contributed by atoms with Gasteiger partial charge in [0.15, 0.2) is 0 Å². The maximum absolute atomic E-state index is 4.84. The van der Waals surface area contributed by atoms with E-state index in [1.165, 1.54) is 98.4 Å². The van der Waals surface area contributed by atoms with Gasteiger partial charge in [-0.15, -0.1) is 6.58 Å². The van der Waals surface area contributed by atoms with Gasteiger partial charge < -0.3 is 4.90 Å². The predicted octanol–water partition coefficient (Wildman–Crippen LogP) is 14.1. The Bertz CT molecular complexity index is 2940. The minimum atomic E-state index is -0.356. The largest absolute Gasteiger partial charge is 0.318 e. The van der Waals surface area contributed by atoms with Crippen molar-refractivity contribution in [3.8, 4) is 0 Å². The van der Waals surface area contributed by atoms with Crippen molar-refractivity contribution < 1.29 is 0 Å². The van der Waals surface area contributed by atoms with Gasteiger partial charge in [-0.1, -0.05) is 202 Å². The van der Waals surface area contributed by atoms with E-state index in [4.69, 9.17) is 6.58 Å². The lowest BCUT2D eigenvalue weighted by atomic mass is 9.63. The maximum Gasteiger partial charge on any atom is 0.0643 e. The Hall–Kier alpha value is -6.44. The fourth-order valence-corrected chi connectivity index (χ4v) is 12.6. The molecule has 0 heterocycles. The Kier molecular flexibility index (Phi) is 10.7. The van der Waals surface area contributed by atoms with Crippen LogP contribution in [-0.4, -0.2) is 4.90 Å². The molecule has 0 bridgehead atoms. The minimum absolute atomic E-state index is 0.210. The maximum atomic E-state index is 4.84. The van der Waals surface area contributed by atoms with Gasteiger partial charge in [0.25, 0.3) is 0 Å². The van der Waals surface area contributed by atoms with Gasteiger partial charge in [-0.2, -0.15) is 0 Å². The van der Waals surface area contributed by atoms with E-state index in [0.29, 0.717) is 11.8 Å². The first-order valence-electron chi connectivity index (χ1n) is 24.0. The number of allylic oxidation sites excluding steroid dienone is 17. The molecule has 0 saturated heterocycles. The highest BCUT2D eigenvalue weighted by molar-refractivity contribution is 5.87. The van der Waals surface area contributed by atoms with Crippen LogP contribution >= 0.6 is 0 Å². The molecule has 7 aliphatic rings. The first-order valence-corrected chi connectivity index (χ1v) is 24.0. The molecule has 1 nitrogen and oxygen atoms in total. The Balaban J connectivity index is 0.943. The van der Waals surface area contributed by atoms with Crippen molar-refractivity contribution in [3.63, 3.8) is 0 Å². The molecule has 1 saturated carbocycles. The third kappa shape index (κ3) is 6.83. The molecular formula is C63H59N. The van der Waals surface area contributed by atoms with Crippen LogP contribution < -0.4 is 10.4 Å². The smallest absolute Gasteiger partial charge is 0.0643 e. The lowest BCUT2D eigenvalue weighted by Crippen LogP contribution is -2.34. The molecule has 4 atom stereocenters. The Morgan fingerprint density at radius 1 is 0.766 bits per heavy atom. The molecule has 0 radical (unpaired) electrons. The van der Waals surface area contributed by atoms with Crippen LogP contribution in [0.3, 0.4) is 0 Å². The summed E-state index contributed by atoms with van der Waals surface area (Å²) in [7, 11) is 0. The van der Waals surface area contributed by atoms with Crippen LogP contribution in [-0.2, 0) is 10.8 Å². The van der Waals surface area contributed by atoms with Gasteiger partial charge in [-0.3, -0.25) is 0 Å². The van der Waals surface area contributed by atoms with Crippen molar-refractivity contribution in [1.82, 2.24) is 4.90 Å². The summed E-state index contributed by atoms with van der Waals surface area (Å²) in [6.07, 6.45) is 47.3. The van der Waals surface area contributed by atoms with E-state index in [2.05, 4.69) is 206 Å². The summed E-state index contributed by atoms with van der Waals surface area (Å²) in [6.45, 7) is 9.19. The van der Waals surface area contributed by atoms with E-state index in [-0.39, 0.29) is 16.7 Å². The molecule has 0 amide bonds. The standard InChI is InChI=1S/C63H59N/c1-3-46(48-35-37-55-49(42-48)34-33-47-20-11-12-26-54(47)55)21-19-41-64(53-36-38-60-58(43-53)57-28-14-15-29-59(57)62(60)39-17-6-18-40-62)45(2)31-32-50-44-63(51-22-7-4-8-23-51,52-24-9-5-10-25-52)61-30-16-13-27-56(50)61/h3-4,7-9,11-16,19-20,22-33,35-37,41-44,46,49,60H,1-2,5-6,10,17-18,21,34,38-40H2/b32-31-,41-19+. The Morgan fingerprint density at radius 2 is 1.55 bits per heavy atom. The number of hydrogen-bond acceptors (Lipinski definition) is 1. The van der Waals surface area contributed by atoms with Gasteiger partial charge in [-0.25, -0.2) is 0 Å². The average Bonchev–Trinajstić information content (AvgIpc) is 3.84. The van der Waals surface area contributed by atoms with Crippen LogP contribution in [0.1, 0.15) is 92.0 Å². The number of rotatable bonds is 11. The summed E-state index contributed by atoms with van der Waals surface area (Å²) in [4.78, 5) is 2.36. The monoisotopic (exact) mass is 829 g/mol. The van der Waals surface area contributed by atoms with E-state index in [1.807, 2.05) is 0 Å². The topological polar surface area (TPSA) is 3.24 Å². The summed E-state index contributed by atoms with van der Waals surface area (Å²) in [5.41, 5.74) is 15.9. The molecule has 4 unspecified atom stereocenters. The van der Waals surface area contributed by atoms with Crippen molar-refractivity contribution >= 4 is 22.8 Å². The fourth-order valence-electron chi connectivity index (χ4n) is 12.6.